The molecule has 0 radical (unpaired) electrons. The van der Waals surface area contributed by atoms with Crippen molar-refractivity contribution in [1.82, 2.24) is 10.2 Å². The van der Waals surface area contributed by atoms with Crippen LogP contribution >= 0.6 is 11.3 Å². The van der Waals surface area contributed by atoms with Crippen LogP contribution in [0.3, 0.4) is 0 Å². The molecule has 3 rings (SSSR count). The molecule has 1 saturated heterocycles. The van der Waals surface area contributed by atoms with E-state index in [0.717, 1.165) is 18.7 Å². The van der Waals surface area contributed by atoms with Crippen molar-refractivity contribution in [2.75, 3.05) is 31.6 Å². The molecule has 1 aliphatic heterocycles. The molecule has 0 atom stereocenters. The van der Waals surface area contributed by atoms with Gasteiger partial charge in [0.05, 0.1) is 11.4 Å². The number of likely N-dealkylation sites (N-methyl/N-ethyl adjacent to an activating group) is 1. The number of rotatable bonds is 6. The molecule has 1 fully saturated rings. The summed E-state index contributed by atoms with van der Waals surface area (Å²) in [5.74, 6) is -0.303. The van der Waals surface area contributed by atoms with E-state index in [-0.39, 0.29) is 18.4 Å². The second-order valence-electron chi connectivity index (χ2n) is 6.62. The normalized spacial score (nSPS) is 14.1. The first kappa shape index (κ1) is 18.5. The van der Waals surface area contributed by atoms with Crippen LogP contribution in [-0.4, -0.2) is 43.4 Å². The van der Waals surface area contributed by atoms with Crippen molar-refractivity contribution >= 4 is 28.8 Å². The Labute approximate surface area is 158 Å². The SMILES string of the molecule is CN(Cc1ccc(N2CCCCC2)cc1)C(=O)CNC(=O)c1cccs1. The molecule has 2 amide bonds. The predicted molar refractivity (Wildman–Crippen MR) is 106 cm³/mol. The van der Waals surface area contributed by atoms with Gasteiger partial charge >= 0.3 is 0 Å². The predicted octanol–water partition coefficient (Wildman–Crippen LogP) is 3.13. The summed E-state index contributed by atoms with van der Waals surface area (Å²) in [4.78, 5) is 28.8. The Hall–Kier alpha value is -2.34. The van der Waals surface area contributed by atoms with Gasteiger partial charge in [0.15, 0.2) is 0 Å². The molecule has 1 aromatic carbocycles. The molecule has 2 heterocycles. The van der Waals surface area contributed by atoms with E-state index in [4.69, 9.17) is 0 Å². The maximum absolute atomic E-state index is 12.2. The summed E-state index contributed by atoms with van der Waals surface area (Å²) < 4.78 is 0. The zero-order valence-electron chi connectivity index (χ0n) is 15.1. The van der Waals surface area contributed by atoms with Crippen LogP contribution in [-0.2, 0) is 11.3 Å². The first-order chi connectivity index (χ1) is 12.6. The zero-order chi connectivity index (χ0) is 18.4. The highest BCUT2D eigenvalue weighted by molar-refractivity contribution is 7.12. The van der Waals surface area contributed by atoms with Gasteiger partial charge in [-0.1, -0.05) is 18.2 Å². The Bertz CT molecular complexity index is 722. The van der Waals surface area contributed by atoms with E-state index < -0.39 is 0 Å². The molecule has 1 N–H and O–H groups in total. The van der Waals surface area contributed by atoms with E-state index in [1.807, 2.05) is 11.4 Å². The van der Waals surface area contributed by atoms with Gasteiger partial charge in [-0.2, -0.15) is 0 Å². The molecule has 0 saturated carbocycles. The van der Waals surface area contributed by atoms with Crippen LogP contribution in [0.5, 0.6) is 0 Å². The fourth-order valence-electron chi connectivity index (χ4n) is 3.11. The Kier molecular flexibility index (Phi) is 6.28. The second kappa shape index (κ2) is 8.85. The van der Waals surface area contributed by atoms with Crippen molar-refractivity contribution < 1.29 is 9.59 Å². The topological polar surface area (TPSA) is 52.6 Å². The highest BCUT2D eigenvalue weighted by Crippen LogP contribution is 2.20. The lowest BCUT2D eigenvalue weighted by Crippen LogP contribution is -2.37. The van der Waals surface area contributed by atoms with Crippen LogP contribution in [0.25, 0.3) is 0 Å². The molecule has 0 spiro atoms. The Morgan fingerprint density at radius 1 is 1.12 bits per heavy atom. The number of hydrogen-bond donors (Lipinski definition) is 1. The smallest absolute Gasteiger partial charge is 0.261 e. The maximum atomic E-state index is 12.2. The van der Waals surface area contributed by atoms with Gasteiger partial charge in [0, 0.05) is 32.4 Å². The average molecular weight is 372 g/mol. The van der Waals surface area contributed by atoms with Crippen LogP contribution < -0.4 is 10.2 Å². The lowest BCUT2D eigenvalue weighted by molar-refractivity contribution is -0.129. The van der Waals surface area contributed by atoms with Crippen molar-refractivity contribution in [3.63, 3.8) is 0 Å². The number of nitrogens with zero attached hydrogens (tertiary/aromatic N) is 2. The molecule has 6 heteroatoms. The van der Waals surface area contributed by atoms with Gasteiger partial charge in [-0.15, -0.1) is 11.3 Å². The first-order valence-corrected chi connectivity index (χ1v) is 9.91. The van der Waals surface area contributed by atoms with E-state index in [0.29, 0.717) is 11.4 Å². The molecule has 0 bridgehead atoms. The largest absolute Gasteiger partial charge is 0.372 e. The highest BCUT2D eigenvalue weighted by Gasteiger charge is 2.14. The Morgan fingerprint density at radius 3 is 2.50 bits per heavy atom. The maximum Gasteiger partial charge on any atom is 0.261 e. The fourth-order valence-corrected chi connectivity index (χ4v) is 3.75. The molecule has 1 aliphatic rings. The van der Waals surface area contributed by atoms with Gasteiger partial charge in [0.1, 0.15) is 0 Å². The standard InChI is InChI=1S/C20H25N3O2S/c1-22(19(24)14-21-20(25)18-6-5-13-26-18)15-16-7-9-17(10-8-16)23-11-3-2-4-12-23/h5-10,13H,2-4,11-12,14-15H2,1H3,(H,21,25). The minimum atomic E-state index is -0.201. The third-order valence-corrected chi connectivity index (χ3v) is 5.52. The quantitative estimate of drug-likeness (QED) is 0.849. The zero-order valence-corrected chi connectivity index (χ0v) is 15.9. The van der Waals surface area contributed by atoms with Crippen LogP contribution in [0.15, 0.2) is 41.8 Å². The highest BCUT2D eigenvalue weighted by atomic mass is 32.1. The van der Waals surface area contributed by atoms with Crippen molar-refractivity contribution in [3.05, 3.63) is 52.2 Å². The molecule has 138 valence electrons. The molecular formula is C20H25N3O2S. The van der Waals surface area contributed by atoms with Crippen LogP contribution in [0.2, 0.25) is 0 Å². The lowest BCUT2D eigenvalue weighted by atomic mass is 10.1. The molecule has 5 nitrogen and oxygen atoms in total. The van der Waals surface area contributed by atoms with E-state index in [1.165, 1.54) is 36.3 Å². The monoisotopic (exact) mass is 371 g/mol. The minimum Gasteiger partial charge on any atom is -0.372 e. The number of piperidine rings is 1. The van der Waals surface area contributed by atoms with E-state index in [9.17, 15) is 9.59 Å². The average Bonchev–Trinajstić information content (AvgIpc) is 3.22. The van der Waals surface area contributed by atoms with Gasteiger partial charge in [-0.25, -0.2) is 0 Å². The number of nitrogens with one attached hydrogen (secondary N) is 1. The Balaban J connectivity index is 1.48. The number of amides is 2. The molecular weight excluding hydrogens is 346 g/mol. The second-order valence-corrected chi connectivity index (χ2v) is 7.57. The van der Waals surface area contributed by atoms with Crippen LogP contribution in [0.1, 0.15) is 34.5 Å². The number of thiophene rings is 1. The van der Waals surface area contributed by atoms with Crippen molar-refractivity contribution in [3.8, 4) is 0 Å². The van der Waals surface area contributed by atoms with Gasteiger partial charge < -0.3 is 15.1 Å². The van der Waals surface area contributed by atoms with Gasteiger partial charge in [-0.3, -0.25) is 9.59 Å². The number of anilines is 1. The van der Waals surface area contributed by atoms with Crippen LogP contribution in [0, 0.1) is 0 Å². The number of hydrogen-bond acceptors (Lipinski definition) is 4. The Morgan fingerprint density at radius 2 is 1.85 bits per heavy atom. The third kappa shape index (κ3) is 4.85. The van der Waals surface area contributed by atoms with E-state index in [2.05, 4.69) is 34.5 Å². The van der Waals surface area contributed by atoms with E-state index >= 15 is 0 Å². The van der Waals surface area contributed by atoms with Gasteiger partial charge in [-0.05, 0) is 48.4 Å². The first-order valence-electron chi connectivity index (χ1n) is 9.03. The molecule has 2 aromatic rings. The summed E-state index contributed by atoms with van der Waals surface area (Å²) in [5.41, 5.74) is 2.34. The summed E-state index contributed by atoms with van der Waals surface area (Å²) in [6.45, 7) is 2.80. The van der Waals surface area contributed by atoms with Crippen molar-refractivity contribution in [2.24, 2.45) is 0 Å². The van der Waals surface area contributed by atoms with E-state index in [1.54, 1.807) is 18.0 Å². The summed E-state index contributed by atoms with van der Waals surface area (Å²) >= 11 is 1.37. The van der Waals surface area contributed by atoms with Gasteiger partial charge in [0.2, 0.25) is 5.91 Å². The molecule has 26 heavy (non-hydrogen) atoms. The molecule has 1 aromatic heterocycles. The fraction of sp³-hybridized carbons (Fsp3) is 0.400. The summed E-state index contributed by atoms with van der Waals surface area (Å²) in [6, 6.07) is 12.0. The third-order valence-electron chi connectivity index (χ3n) is 4.65. The van der Waals surface area contributed by atoms with Crippen molar-refractivity contribution in [1.29, 1.82) is 0 Å². The molecule has 0 aliphatic carbocycles. The van der Waals surface area contributed by atoms with Gasteiger partial charge in [0.25, 0.3) is 5.91 Å². The van der Waals surface area contributed by atoms with Crippen LogP contribution in [0.4, 0.5) is 5.69 Å². The number of benzene rings is 1. The lowest BCUT2D eigenvalue weighted by Gasteiger charge is -2.29. The number of carbonyl (C=O) groups excluding carboxylic acids is 2. The summed E-state index contributed by atoms with van der Waals surface area (Å²) in [6.07, 6.45) is 3.84. The molecule has 0 unspecified atom stereocenters. The van der Waals surface area contributed by atoms with Crippen molar-refractivity contribution in [2.45, 2.75) is 25.8 Å². The minimum absolute atomic E-state index is 0.0130. The summed E-state index contributed by atoms with van der Waals surface area (Å²) in [7, 11) is 1.76. The summed E-state index contributed by atoms with van der Waals surface area (Å²) in [5, 5.41) is 4.52. The number of carbonyl (C=O) groups is 2.